The summed E-state index contributed by atoms with van der Waals surface area (Å²) in [6.45, 7) is 0. The van der Waals surface area contributed by atoms with Gasteiger partial charge >= 0.3 is 0 Å². The van der Waals surface area contributed by atoms with Gasteiger partial charge in [0.2, 0.25) is 0 Å². The van der Waals surface area contributed by atoms with E-state index in [4.69, 9.17) is 5.73 Å². The van der Waals surface area contributed by atoms with E-state index in [1.165, 1.54) is 30.5 Å². The predicted octanol–water partition coefficient (Wildman–Crippen LogP) is 1.94. The molecule has 6 nitrogen and oxygen atoms in total. The maximum atomic E-state index is 10.8. The van der Waals surface area contributed by atoms with Gasteiger partial charge in [-0.3, -0.25) is 10.1 Å². The zero-order valence-corrected chi connectivity index (χ0v) is 8.70. The van der Waals surface area contributed by atoms with Crippen molar-refractivity contribution in [2.75, 3.05) is 5.73 Å². The molecule has 0 saturated heterocycles. The normalized spacial score (nSPS) is 10.1. The molecule has 0 atom stereocenters. The SMILES string of the molecule is Nc1ccc(-c2ncccc2[N+](=O)[O-])c(O)c1. The van der Waals surface area contributed by atoms with Crippen molar-refractivity contribution >= 4 is 11.4 Å². The fourth-order valence-corrected chi connectivity index (χ4v) is 1.50. The first-order chi connectivity index (χ1) is 8.09. The molecule has 1 aromatic heterocycles. The third-order valence-corrected chi connectivity index (χ3v) is 2.26. The summed E-state index contributed by atoms with van der Waals surface area (Å²) >= 11 is 0. The van der Waals surface area contributed by atoms with Crippen molar-refractivity contribution in [2.45, 2.75) is 0 Å². The average molecular weight is 231 g/mol. The fraction of sp³-hybridized carbons (Fsp3) is 0. The molecule has 1 heterocycles. The zero-order chi connectivity index (χ0) is 12.4. The third kappa shape index (κ3) is 2.00. The Labute approximate surface area is 96.5 Å². The molecule has 0 aliphatic carbocycles. The first-order valence-corrected chi connectivity index (χ1v) is 4.78. The van der Waals surface area contributed by atoms with Crippen LogP contribution in [0.25, 0.3) is 11.3 Å². The van der Waals surface area contributed by atoms with Crippen molar-refractivity contribution in [1.82, 2.24) is 4.98 Å². The minimum absolute atomic E-state index is 0.120. The number of aromatic nitrogens is 1. The Kier molecular flexibility index (Phi) is 2.61. The van der Waals surface area contributed by atoms with E-state index < -0.39 is 4.92 Å². The van der Waals surface area contributed by atoms with Gasteiger partial charge in [0.05, 0.1) is 4.92 Å². The first-order valence-electron chi connectivity index (χ1n) is 4.78. The summed E-state index contributed by atoms with van der Waals surface area (Å²) in [5, 5.41) is 20.5. The van der Waals surface area contributed by atoms with Crippen molar-refractivity contribution in [2.24, 2.45) is 0 Å². The van der Waals surface area contributed by atoms with E-state index >= 15 is 0 Å². The summed E-state index contributed by atoms with van der Waals surface area (Å²) in [5.74, 6) is -0.133. The quantitative estimate of drug-likeness (QED) is 0.467. The Bertz CT molecular complexity index is 584. The summed E-state index contributed by atoms with van der Waals surface area (Å²) in [4.78, 5) is 14.2. The van der Waals surface area contributed by atoms with E-state index in [1.54, 1.807) is 6.07 Å². The van der Waals surface area contributed by atoms with Gasteiger partial charge in [-0.25, -0.2) is 4.98 Å². The summed E-state index contributed by atoms with van der Waals surface area (Å²) in [5.41, 5.74) is 6.11. The number of nitro groups is 1. The number of nitrogens with two attached hydrogens (primary N) is 1. The van der Waals surface area contributed by atoms with Crippen LogP contribution in [0.5, 0.6) is 5.75 Å². The summed E-state index contributed by atoms with van der Waals surface area (Å²) < 4.78 is 0. The number of anilines is 1. The van der Waals surface area contributed by atoms with E-state index in [9.17, 15) is 15.2 Å². The van der Waals surface area contributed by atoms with Gasteiger partial charge in [0.25, 0.3) is 5.69 Å². The number of pyridine rings is 1. The van der Waals surface area contributed by atoms with Crippen LogP contribution < -0.4 is 5.73 Å². The second-order valence-electron chi connectivity index (χ2n) is 3.40. The summed E-state index contributed by atoms with van der Waals surface area (Å²) in [6, 6.07) is 7.18. The number of rotatable bonds is 2. The van der Waals surface area contributed by atoms with Crippen molar-refractivity contribution in [3.8, 4) is 17.0 Å². The molecule has 1 aromatic carbocycles. The second-order valence-corrected chi connectivity index (χ2v) is 3.40. The lowest BCUT2D eigenvalue weighted by molar-refractivity contribution is -0.384. The molecule has 0 fully saturated rings. The molecule has 0 radical (unpaired) electrons. The van der Waals surface area contributed by atoms with Crippen LogP contribution in [-0.2, 0) is 0 Å². The molecule has 0 spiro atoms. The van der Waals surface area contributed by atoms with Gasteiger partial charge in [-0.2, -0.15) is 0 Å². The third-order valence-electron chi connectivity index (χ3n) is 2.26. The molecule has 2 rings (SSSR count). The van der Waals surface area contributed by atoms with Crippen LogP contribution in [-0.4, -0.2) is 15.0 Å². The minimum atomic E-state index is -0.544. The average Bonchev–Trinajstić information content (AvgIpc) is 2.29. The fourth-order valence-electron chi connectivity index (χ4n) is 1.50. The Morgan fingerprint density at radius 3 is 2.76 bits per heavy atom. The second kappa shape index (κ2) is 4.09. The Morgan fingerprint density at radius 2 is 2.12 bits per heavy atom. The van der Waals surface area contributed by atoms with Crippen LogP contribution in [0.2, 0.25) is 0 Å². The Balaban J connectivity index is 2.64. The van der Waals surface area contributed by atoms with E-state index in [-0.39, 0.29) is 22.7 Å². The lowest BCUT2D eigenvalue weighted by Crippen LogP contribution is -1.95. The molecule has 0 unspecified atom stereocenters. The number of aromatic hydroxyl groups is 1. The standard InChI is InChI=1S/C11H9N3O3/c12-7-3-4-8(10(15)6-7)11-9(14(16)17)2-1-5-13-11/h1-6,15H,12H2. The number of nitrogen functional groups attached to an aromatic ring is 1. The van der Waals surface area contributed by atoms with Crippen molar-refractivity contribution in [3.05, 3.63) is 46.6 Å². The molecule has 86 valence electrons. The van der Waals surface area contributed by atoms with Crippen molar-refractivity contribution < 1.29 is 10.0 Å². The molecular weight excluding hydrogens is 222 g/mol. The molecular formula is C11H9N3O3. The van der Waals surface area contributed by atoms with Crippen LogP contribution in [0, 0.1) is 10.1 Å². The van der Waals surface area contributed by atoms with Gasteiger partial charge in [0, 0.05) is 29.6 Å². The largest absolute Gasteiger partial charge is 0.507 e. The number of nitrogens with zero attached hydrogens (tertiary/aromatic N) is 2. The Morgan fingerprint density at radius 1 is 1.35 bits per heavy atom. The molecule has 0 aliphatic heterocycles. The Hall–Kier alpha value is -2.63. The van der Waals surface area contributed by atoms with Crippen molar-refractivity contribution in [3.63, 3.8) is 0 Å². The smallest absolute Gasteiger partial charge is 0.295 e. The predicted molar refractivity (Wildman–Crippen MR) is 62.4 cm³/mol. The highest BCUT2D eigenvalue weighted by Crippen LogP contribution is 2.34. The lowest BCUT2D eigenvalue weighted by Gasteiger charge is -2.05. The molecule has 0 aliphatic rings. The highest BCUT2D eigenvalue weighted by atomic mass is 16.6. The molecule has 0 amide bonds. The summed E-state index contributed by atoms with van der Waals surface area (Å²) in [7, 11) is 0. The maximum Gasteiger partial charge on any atom is 0.295 e. The van der Waals surface area contributed by atoms with Crippen LogP contribution in [0.15, 0.2) is 36.5 Å². The van der Waals surface area contributed by atoms with E-state index in [1.807, 2.05) is 0 Å². The van der Waals surface area contributed by atoms with E-state index in [2.05, 4.69) is 4.98 Å². The van der Waals surface area contributed by atoms with Crippen LogP contribution in [0.3, 0.4) is 0 Å². The highest BCUT2D eigenvalue weighted by molar-refractivity contribution is 5.76. The number of hydrogen-bond acceptors (Lipinski definition) is 5. The number of phenolic OH excluding ortho intramolecular Hbond substituents is 1. The number of phenols is 1. The van der Waals surface area contributed by atoms with Crippen molar-refractivity contribution in [1.29, 1.82) is 0 Å². The van der Waals surface area contributed by atoms with Crippen LogP contribution in [0.1, 0.15) is 0 Å². The summed E-state index contributed by atoms with van der Waals surface area (Å²) in [6.07, 6.45) is 1.43. The lowest BCUT2D eigenvalue weighted by atomic mass is 10.1. The zero-order valence-electron chi connectivity index (χ0n) is 8.70. The van der Waals surface area contributed by atoms with Gasteiger partial charge in [-0.1, -0.05) is 0 Å². The van der Waals surface area contributed by atoms with E-state index in [0.29, 0.717) is 5.69 Å². The van der Waals surface area contributed by atoms with Gasteiger partial charge in [0.1, 0.15) is 5.75 Å². The molecule has 17 heavy (non-hydrogen) atoms. The molecule has 2 aromatic rings. The molecule has 0 saturated carbocycles. The van der Waals surface area contributed by atoms with Gasteiger partial charge < -0.3 is 10.8 Å². The van der Waals surface area contributed by atoms with E-state index in [0.717, 1.165) is 0 Å². The minimum Gasteiger partial charge on any atom is -0.507 e. The van der Waals surface area contributed by atoms with Gasteiger partial charge in [0.15, 0.2) is 5.69 Å². The number of benzene rings is 1. The van der Waals surface area contributed by atoms with Crippen LogP contribution in [0.4, 0.5) is 11.4 Å². The number of hydrogen-bond donors (Lipinski definition) is 2. The molecule has 6 heteroatoms. The van der Waals surface area contributed by atoms with Gasteiger partial charge in [-0.15, -0.1) is 0 Å². The maximum absolute atomic E-state index is 10.8. The van der Waals surface area contributed by atoms with Gasteiger partial charge in [-0.05, 0) is 18.2 Å². The molecule has 3 N–H and O–H groups in total. The highest BCUT2D eigenvalue weighted by Gasteiger charge is 2.18. The molecule has 0 bridgehead atoms. The first kappa shape index (κ1) is 10.9. The topological polar surface area (TPSA) is 102 Å². The van der Waals surface area contributed by atoms with Crippen LogP contribution >= 0.6 is 0 Å². The monoisotopic (exact) mass is 231 g/mol.